The van der Waals surface area contributed by atoms with Crippen LogP contribution in [0.1, 0.15) is 96.1 Å². The van der Waals surface area contributed by atoms with Crippen molar-refractivity contribution < 1.29 is 19.2 Å². The van der Waals surface area contributed by atoms with E-state index in [0.29, 0.717) is 18.7 Å². The summed E-state index contributed by atoms with van der Waals surface area (Å²) in [5.74, 6) is 0.684. The van der Waals surface area contributed by atoms with Gasteiger partial charge in [0.2, 0.25) is 5.91 Å². The van der Waals surface area contributed by atoms with Crippen LogP contribution in [0.5, 0.6) is 0 Å². The summed E-state index contributed by atoms with van der Waals surface area (Å²) in [6.07, 6.45) is 8.58. The number of imide groups is 1. The van der Waals surface area contributed by atoms with E-state index >= 15 is 0 Å². The molecule has 1 atom stereocenters. The van der Waals surface area contributed by atoms with Crippen LogP contribution in [0.15, 0.2) is 23.6 Å². The molecule has 3 amide bonds. The summed E-state index contributed by atoms with van der Waals surface area (Å²) in [4.78, 5) is 56.3. The van der Waals surface area contributed by atoms with Crippen LogP contribution in [0.3, 0.4) is 0 Å². The third-order valence-electron chi connectivity index (χ3n) is 9.39. The van der Waals surface area contributed by atoms with Crippen molar-refractivity contribution in [3.05, 3.63) is 45.4 Å². The Morgan fingerprint density at radius 1 is 1.10 bits per heavy atom. The predicted octanol–water partition coefficient (Wildman–Crippen LogP) is 4.02. The molecule has 4 bridgehead atoms. The molecule has 7 rings (SSSR count). The Morgan fingerprint density at radius 2 is 1.80 bits per heavy atom. The summed E-state index contributed by atoms with van der Waals surface area (Å²) in [5.41, 5.74) is 7.67. The number of rotatable bonds is 12. The van der Waals surface area contributed by atoms with E-state index in [-0.39, 0.29) is 35.3 Å². The first kappa shape index (κ1) is 27.1. The van der Waals surface area contributed by atoms with Crippen molar-refractivity contribution in [2.75, 3.05) is 5.32 Å². The van der Waals surface area contributed by atoms with Gasteiger partial charge in [-0.15, -0.1) is 11.3 Å². The maximum absolute atomic E-state index is 13.4. The highest BCUT2D eigenvalue weighted by Crippen LogP contribution is 2.55. The zero-order valence-electron chi connectivity index (χ0n) is 22.9. The molecule has 2 aromatic rings. The molecule has 10 heteroatoms. The minimum Gasteiger partial charge on any atom is -0.379 e. The van der Waals surface area contributed by atoms with Gasteiger partial charge in [-0.05, 0) is 74.8 Å². The van der Waals surface area contributed by atoms with Crippen molar-refractivity contribution in [1.29, 1.82) is 0 Å². The summed E-state index contributed by atoms with van der Waals surface area (Å²) < 4.78 is 0. The first-order valence-corrected chi connectivity index (χ1v) is 15.4. The number of nitrogens with two attached hydrogens (primary N) is 1. The first-order chi connectivity index (χ1) is 19.2. The molecule has 1 unspecified atom stereocenters. The number of nitrogens with zero attached hydrogens (tertiary/aromatic N) is 2. The normalized spacial score (nSPS) is 27.2. The minimum atomic E-state index is -1.17. The van der Waals surface area contributed by atoms with Crippen LogP contribution in [-0.4, -0.2) is 45.0 Å². The fourth-order valence-corrected chi connectivity index (χ4v) is 8.63. The van der Waals surface area contributed by atoms with Crippen LogP contribution in [0.25, 0.3) is 0 Å². The van der Waals surface area contributed by atoms with Gasteiger partial charge in [-0.25, -0.2) is 4.98 Å². The Labute approximate surface area is 238 Å². The fourth-order valence-electron chi connectivity index (χ4n) is 7.89. The summed E-state index contributed by atoms with van der Waals surface area (Å²) in [7, 11) is 0. The molecule has 0 spiro atoms. The fraction of sp³-hybridized carbons (Fsp3) is 0.567. The number of amides is 3. The minimum absolute atomic E-state index is 0.0229. The first-order valence-electron chi connectivity index (χ1n) is 14.5. The zero-order chi connectivity index (χ0) is 28.0. The zero-order valence-corrected chi connectivity index (χ0v) is 23.7. The molecular formula is C30H37N5O4S. The van der Waals surface area contributed by atoms with Crippen LogP contribution < -0.4 is 16.4 Å². The smallest absolute Gasteiger partial charge is 0.264 e. The molecule has 4 aliphatic carbocycles. The lowest BCUT2D eigenvalue weighted by molar-refractivity contribution is -0.123. The van der Waals surface area contributed by atoms with Gasteiger partial charge in [0, 0.05) is 36.0 Å². The van der Waals surface area contributed by atoms with Gasteiger partial charge in [0.15, 0.2) is 0 Å². The monoisotopic (exact) mass is 563 g/mol. The Morgan fingerprint density at radius 3 is 2.45 bits per heavy atom. The lowest BCUT2D eigenvalue weighted by Crippen LogP contribution is -2.58. The molecule has 4 saturated carbocycles. The van der Waals surface area contributed by atoms with E-state index in [4.69, 9.17) is 10.7 Å². The second-order valence-electron chi connectivity index (χ2n) is 12.2. The average Bonchev–Trinajstić information content (AvgIpc) is 3.48. The molecule has 1 aromatic heterocycles. The van der Waals surface area contributed by atoms with Crippen molar-refractivity contribution in [2.45, 2.75) is 89.4 Å². The summed E-state index contributed by atoms with van der Waals surface area (Å²) >= 11 is 1.63. The van der Waals surface area contributed by atoms with Gasteiger partial charge in [0.1, 0.15) is 16.8 Å². The largest absolute Gasteiger partial charge is 0.379 e. The number of carbonyl (C=O) groups is 4. The number of anilines is 1. The highest BCUT2D eigenvalue weighted by molar-refractivity contribution is 7.09. The average molecular weight is 564 g/mol. The number of ketones is 1. The second kappa shape index (κ2) is 10.7. The van der Waals surface area contributed by atoms with E-state index < -0.39 is 23.8 Å². The Hall–Kier alpha value is -3.11. The predicted molar refractivity (Wildman–Crippen MR) is 152 cm³/mol. The van der Waals surface area contributed by atoms with Crippen molar-refractivity contribution in [1.82, 2.24) is 15.2 Å². The van der Waals surface area contributed by atoms with E-state index in [1.165, 1.54) is 38.5 Å². The summed E-state index contributed by atoms with van der Waals surface area (Å²) in [6, 6.07) is 3.86. The number of primary amides is 1. The number of benzene rings is 1. The van der Waals surface area contributed by atoms with Gasteiger partial charge < -0.3 is 16.4 Å². The molecule has 1 aromatic carbocycles. The number of thiazole rings is 1. The lowest BCUT2D eigenvalue weighted by atomic mass is 9.53. The topological polar surface area (TPSA) is 134 Å². The van der Waals surface area contributed by atoms with Crippen molar-refractivity contribution in [2.24, 2.45) is 23.5 Å². The molecule has 5 aliphatic rings. The second-order valence-corrected chi connectivity index (χ2v) is 13.1. The third-order valence-corrected chi connectivity index (χ3v) is 10.3. The number of nitrogens with one attached hydrogen (secondary N) is 2. The third kappa shape index (κ3) is 5.07. The van der Waals surface area contributed by atoms with Gasteiger partial charge in [0.25, 0.3) is 11.8 Å². The number of Topliss-reactive ketones (excluding diaryl/α,β-unsaturated/α-hetero) is 1. The van der Waals surface area contributed by atoms with Gasteiger partial charge in [-0.1, -0.05) is 13.0 Å². The number of hydrogen-bond acceptors (Lipinski definition) is 8. The Balaban J connectivity index is 1.10. The van der Waals surface area contributed by atoms with Gasteiger partial charge in [-0.2, -0.15) is 0 Å². The van der Waals surface area contributed by atoms with E-state index in [1.807, 2.05) is 5.38 Å². The maximum Gasteiger partial charge on any atom is 0.264 e. The van der Waals surface area contributed by atoms with E-state index in [0.717, 1.165) is 39.9 Å². The van der Waals surface area contributed by atoms with Gasteiger partial charge >= 0.3 is 0 Å². The molecule has 4 N–H and O–H groups in total. The SMILES string of the molecule is CCC(=O)CCC(C(N)=O)N1C(=O)c2cccc(NCc3csc(CNC45CC6CC(CC(C6)C4)C5)n3)c2C1=O. The van der Waals surface area contributed by atoms with E-state index in [1.54, 1.807) is 36.5 Å². The van der Waals surface area contributed by atoms with Crippen LogP contribution in [0.4, 0.5) is 5.69 Å². The number of carbonyl (C=O) groups excluding carboxylic acids is 4. The van der Waals surface area contributed by atoms with Crippen LogP contribution in [0.2, 0.25) is 0 Å². The maximum atomic E-state index is 13.4. The van der Waals surface area contributed by atoms with E-state index in [2.05, 4.69) is 10.6 Å². The molecule has 212 valence electrons. The Bertz CT molecular complexity index is 1320. The lowest BCUT2D eigenvalue weighted by Gasteiger charge is -2.57. The highest BCUT2D eigenvalue weighted by atomic mass is 32.1. The number of fused-ring (bicyclic) bond motifs is 1. The van der Waals surface area contributed by atoms with E-state index in [9.17, 15) is 19.2 Å². The van der Waals surface area contributed by atoms with Crippen LogP contribution in [-0.2, 0) is 22.7 Å². The number of aromatic nitrogens is 1. The Kier molecular flexibility index (Phi) is 7.25. The van der Waals surface area contributed by atoms with Crippen molar-refractivity contribution in [3.63, 3.8) is 0 Å². The molecule has 9 nitrogen and oxygen atoms in total. The van der Waals surface area contributed by atoms with Gasteiger partial charge in [0.05, 0.1) is 23.4 Å². The summed E-state index contributed by atoms with van der Waals surface area (Å²) in [6.45, 7) is 2.90. The highest BCUT2D eigenvalue weighted by Gasteiger charge is 2.50. The van der Waals surface area contributed by atoms with Gasteiger partial charge in [-0.3, -0.25) is 24.1 Å². The molecule has 4 fully saturated rings. The molecule has 40 heavy (non-hydrogen) atoms. The quantitative estimate of drug-likeness (QED) is 0.332. The molecular weight excluding hydrogens is 526 g/mol. The van der Waals surface area contributed by atoms with Crippen molar-refractivity contribution in [3.8, 4) is 0 Å². The summed E-state index contributed by atoms with van der Waals surface area (Å²) in [5, 5.41) is 10.3. The number of hydrogen-bond donors (Lipinski definition) is 3. The van der Waals surface area contributed by atoms with Crippen molar-refractivity contribution >= 4 is 40.5 Å². The molecule has 1 aliphatic heterocycles. The van der Waals surface area contributed by atoms with Crippen LogP contribution >= 0.6 is 11.3 Å². The molecule has 0 saturated heterocycles. The van der Waals surface area contributed by atoms with Crippen LogP contribution in [0, 0.1) is 17.8 Å². The molecule has 0 radical (unpaired) electrons. The standard InChI is InChI=1S/C30H37N5O4S/c1-2-21(36)6-7-24(27(31)37)35-28(38)22-4-3-5-23(26(22)29(35)39)32-14-20-16-40-25(34-20)15-33-30-11-17-8-18(12-30)10-19(9-17)13-30/h3-5,16-19,24,32-33H,2,6-15H2,1H3,(H2,31,37). The molecule has 2 heterocycles.